The largest absolute Gasteiger partial charge is 0.454 e. The van der Waals surface area contributed by atoms with Gasteiger partial charge in [-0.05, 0) is 23.6 Å². The van der Waals surface area contributed by atoms with Gasteiger partial charge in [0, 0.05) is 42.2 Å². The van der Waals surface area contributed by atoms with E-state index in [0.29, 0.717) is 5.92 Å². The molecule has 3 aromatic heterocycles. The van der Waals surface area contributed by atoms with E-state index in [9.17, 15) is 0 Å². The molecule has 0 bridgehead atoms. The molecule has 0 fully saturated rings. The Morgan fingerprint density at radius 2 is 1.96 bits per heavy atom. The van der Waals surface area contributed by atoms with E-state index >= 15 is 0 Å². The highest BCUT2D eigenvalue weighted by Crippen LogP contribution is 2.34. The molecule has 4 nitrogen and oxygen atoms in total. The van der Waals surface area contributed by atoms with Gasteiger partial charge >= 0.3 is 0 Å². The first-order chi connectivity index (χ1) is 11.6. The molecule has 24 heavy (non-hydrogen) atoms. The summed E-state index contributed by atoms with van der Waals surface area (Å²) in [5.74, 6) is 1.33. The lowest BCUT2D eigenvalue weighted by atomic mass is 10.0. The SMILES string of the molecule is CC(C)c1cccc(-c2cc3nccc(-c4cnn(C)c4)c3o2)c1. The van der Waals surface area contributed by atoms with Gasteiger partial charge in [0.1, 0.15) is 11.3 Å². The van der Waals surface area contributed by atoms with Crippen LogP contribution in [0.15, 0.2) is 59.4 Å². The van der Waals surface area contributed by atoms with Gasteiger partial charge in [-0.25, -0.2) is 0 Å². The van der Waals surface area contributed by atoms with Crippen LogP contribution in [0.5, 0.6) is 0 Å². The van der Waals surface area contributed by atoms with Gasteiger partial charge in [-0.2, -0.15) is 5.10 Å². The quantitative estimate of drug-likeness (QED) is 0.533. The molecule has 120 valence electrons. The van der Waals surface area contributed by atoms with E-state index in [1.54, 1.807) is 4.68 Å². The average Bonchev–Trinajstić information content (AvgIpc) is 3.20. The zero-order valence-corrected chi connectivity index (χ0v) is 14.0. The van der Waals surface area contributed by atoms with Crippen molar-refractivity contribution in [3.8, 4) is 22.5 Å². The Bertz CT molecular complexity index is 1010. The van der Waals surface area contributed by atoms with Crippen molar-refractivity contribution in [3.05, 3.63) is 60.6 Å². The molecule has 0 atom stereocenters. The van der Waals surface area contributed by atoms with Crippen molar-refractivity contribution in [1.82, 2.24) is 14.8 Å². The highest BCUT2D eigenvalue weighted by molar-refractivity contribution is 5.92. The van der Waals surface area contributed by atoms with E-state index in [0.717, 1.165) is 33.6 Å². The molecule has 0 N–H and O–H groups in total. The monoisotopic (exact) mass is 317 g/mol. The smallest absolute Gasteiger partial charge is 0.161 e. The number of hydrogen-bond acceptors (Lipinski definition) is 3. The van der Waals surface area contributed by atoms with E-state index < -0.39 is 0 Å². The Hall–Kier alpha value is -2.88. The van der Waals surface area contributed by atoms with Gasteiger partial charge in [-0.1, -0.05) is 32.0 Å². The minimum Gasteiger partial charge on any atom is -0.454 e. The van der Waals surface area contributed by atoms with Gasteiger partial charge in [-0.15, -0.1) is 0 Å². The van der Waals surface area contributed by atoms with Crippen LogP contribution in [0.4, 0.5) is 0 Å². The number of pyridine rings is 1. The Morgan fingerprint density at radius 1 is 1.08 bits per heavy atom. The van der Waals surface area contributed by atoms with E-state index in [4.69, 9.17) is 4.42 Å². The fourth-order valence-corrected chi connectivity index (χ4v) is 2.92. The lowest BCUT2D eigenvalue weighted by Gasteiger charge is -2.06. The first-order valence-electron chi connectivity index (χ1n) is 8.10. The van der Waals surface area contributed by atoms with Crippen LogP contribution in [0.1, 0.15) is 25.3 Å². The molecule has 1 aromatic carbocycles. The second-order valence-corrected chi connectivity index (χ2v) is 6.37. The topological polar surface area (TPSA) is 43.9 Å². The summed E-state index contributed by atoms with van der Waals surface area (Å²) in [5, 5.41) is 4.25. The molecule has 0 amide bonds. The third kappa shape index (κ3) is 2.50. The molecule has 0 aliphatic rings. The van der Waals surface area contributed by atoms with Crippen LogP contribution in [-0.2, 0) is 7.05 Å². The molecule has 0 aliphatic heterocycles. The van der Waals surface area contributed by atoms with Gasteiger partial charge < -0.3 is 4.42 Å². The van der Waals surface area contributed by atoms with Crippen LogP contribution in [0.25, 0.3) is 33.6 Å². The first kappa shape index (κ1) is 14.7. The van der Waals surface area contributed by atoms with Crippen LogP contribution < -0.4 is 0 Å². The van der Waals surface area contributed by atoms with Crippen molar-refractivity contribution in [2.45, 2.75) is 19.8 Å². The summed E-state index contributed by atoms with van der Waals surface area (Å²) in [6.45, 7) is 4.39. The minimum absolute atomic E-state index is 0.485. The predicted octanol–water partition coefficient (Wildman–Crippen LogP) is 5.02. The highest BCUT2D eigenvalue weighted by Gasteiger charge is 2.14. The lowest BCUT2D eigenvalue weighted by molar-refractivity contribution is 0.632. The maximum absolute atomic E-state index is 6.18. The minimum atomic E-state index is 0.485. The number of aryl methyl sites for hydroxylation is 1. The Balaban J connectivity index is 1.86. The first-order valence-corrected chi connectivity index (χ1v) is 8.10. The predicted molar refractivity (Wildman–Crippen MR) is 95.7 cm³/mol. The molecule has 0 spiro atoms. The zero-order valence-electron chi connectivity index (χ0n) is 14.0. The van der Waals surface area contributed by atoms with E-state index in [1.807, 2.05) is 37.8 Å². The number of nitrogens with zero attached hydrogens (tertiary/aromatic N) is 3. The molecule has 0 radical (unpaired) electrons. The second-order valence-electron chi connectivity index (χ2n) is 6.37. The van der Waals surface area contributed by atoms with E-state index in [-0.39, 0.29) is 0 Å². The van der Waals surface area contributed by atoms with Crippen molar-refractivity contribution < 1.29 is 4.42 Å². The van der Waals surface area contributed by atoms with Gasteiger partial charge in [0.15, 0.2) is 5.58 Å². The number of aromatic nitrogens is 3. The third-order valence-corrected chi connectivity index (χ3v) is 4.27. The lowest BCUT2D eigenvalue weighted by Crippen LogP contribution is -1.86. The maximum atomic E-state index is 6.18. The molecule has 0 saturated carbocycles. The maximum Gasteiger partial charge on any atom is 0.161 e. The summed E-state index contributed by atoms with van der Waals surface area (Å²) in [7, 11) is 1.91. The molecule has 4 aromatic rings. The summed E-state index contributed by atoms with van der Waals surface area (Å²) >= 11 is 0. The molecular weight excluding hydrogens is 298 g/mol. The molecule has 4 heteroatoms. The molecule has 0 unspecified atom stereocenters. The van der Waals surface area contributed by atoms with Gasteiger partial charge in [-0.3, -0.25) is 9.67 Å². The fourth-order valence-electron chi connectivity index (χ4n) is 2.92. The average molecular weight is 317 g/mol. The normalized spacial score (nSPS) is 11.5. The van der Waals surface area contributed by atoms with Gasteiger partial charge in [0.2, 0.25) is 0 Å². The van der Waals surface area contributed by atoms with Crippen molar-refractivity contribution in [1.29, 1.82) is 0 Å². The highest BCUT2D eigenvalue weighted by atomic mass is 16.3. The number of benzene rings is 1. The zero-order chi connectivity index (χ0) is 16.7. The summed E-state index contributed by atoms with van der Waals surface area (Å²) < 4.78 is 7.97. The van der Waals surface area contributed by atoms with Crippen molar-refractivity contribution >= 4 is 11.1 Å². The Kier molecular flexibility index (Phi) is 3.45. The van der Waals surface area contributed by atoms with E-state index in [1.165, 1.54) is 5.56 Å². The standard InChI is InChI=1S/C20H19N3O/c1-13(2)14-5-4-6-15(9-14)19-10-18-20(24-19)17(7-8-21-18)16-11-22-23(3)12-16/h4-13H,1-3H3. The van der Waals surface area contributed by atoms with Crippen molar-refractivity contribution in [2.75, 3.05) is 0 Å². The summed E-state index contributed by atoms with van der Waals surface area (Å²) in [4.78, 5) is 4.46. The third-order valence-electron chi connectivity index (χ3n) is 4.27. The van der Waals surface area contributed by atoms with Crippen molar-refractivity contribution in [2.24, 2.45) is 7.05 Å². The number of rotatable bonds is 3. The van der Waals surface area contributed by atoms with Crippen LogP contribution in [-0.4, -0.2) is 14.8 Å². The molecule has 4 rings (SSSR count). The Labute approximate surface area is 140 Å². The van der Waals surface area contributed by atoms with Crippen molar-refractivity contribution in [3.63, 3.8) is 0 Å². The number of fused-ring (bicyclic) bond motifs is 1. The van der Waals surface area contributed by atoms with Gasteiger partial charge in [0.25, 0.3) is 0 Å². The van der Waals surface area contributed by atoms with Crippen LogP contribution >= 0.6 is 0 Å². The Morgan fingerprint density at radius 3 is 2.71 bits per heavy atom. The second kappa shape index (κ2) is 5.64. The van der Waals surface area contributed by atoms with Gasteiger partial charge in [0.05, 0.1) is 6.20 Å². The molecular formula is C20H19N3O. The fraction of sp³-hybridized carbons (Fsp3) is 0.200. The molecule has 0 saturated heterocycles. The van der Waals surface area contributed by atoms with Crippen LogP contribution in [0.3, 0.4) is 0 Å². The van der Waals surface area contributed by atoms with E-state index in [2.05, 4.69) is 48.2 Å². The van der Waals surface area contributed by atoms with Crippen LogP contribution in [0.2, 0.25) is 0 Å². The molecule has 3 heterocycles. The summed E-state index contributed by atoms with van der Waals surface area (Å²) in [5.41, 5.74) is 6.09. The summed E-state index contributed by atoms with van der Waals surface area (Å²) in [6, 6.07) is 12.5. The summed E-state index contributed by atoms with van der Waals surface area (Å²) in [6.07, 6.45) is 5.64. The van der Waals surface area contributed by atoms with Crippen LogP contribution in [0, 0.1) is 0 Å². The molecule has 0 aliphatic carbocycles. The number of hydrogen-bond donors (Lipinski definition) is 0. The number of furan rings is 1.